The molecular weight excluding hydrogens is 200 g/mol. The first-order chi connectivity index (χ1) is 7.88. The van der Waals surface area contributed by atoms with E-state index in [0.717, 1.165) is 25.9 Å². The van der Waals surface area contributed by atoms with E-state index in [4.69, 9.17) is 10.8 Å². The third-order valence-electron chi connectivity index (χ3n) is 3.70. The predicted molar refractivity (Wildman–Crippen MR) is 68.4 cm³/mol. The van der Waals surface area contributed by atoms with E-state index >= 15 is 0 Å². The Balaban J connectivity index is 2.02. The zero-order valence-electron chi connectivity index (χ0n) is 10.5. The van der Waals surface area contributed by atoms with Crippen molar-refractivity contribution in [3.8, 4) is 0 Å². The van der Waals surface area contributed by atoms with Gasteiger partial charge in [0.15, 0.2) is 0 Å². The van der Waals surface area contributed by atoms with Crippen LogP contribution in [0.3, 0.4) is 0 Å². The first kappa shape index (κ1) is 13.9. The van der Waals surface area contributed by atoms with Gasteiger partial charge in [0.05, 0.1) is 0 Å². The summed E-state index contributed by atoms with van der Waals surface area (Å²) in [6.07, 6.45) is 9.89. The summed E-state index contributed by atoms with van der Waals surface area (Å²) in [5.74, 6) is 0.700. The fraction of sp³-hybridized carbons (Fsp3) is 1.00. The predicted octanol–water partition coefficient (Wildman–Crippen LogP) is 1.65. The van der Waals surface area contributed by atoms with Gasteiger partial charge in [0.1, 0.15) is 0 Å². The van der Waals surface area contributed by atoms with Gasteiger partial charge in [-0.15, -0.1) is 0 Å². The number of hydrogen-bond acceptors (Lipinski definition) is 3. The van der Waals surface area contributed by atoms with Crippen LogP contribution in [0.1, 0.15) is 51.4 Å². The van der Waals surface area contributed by atoms with Gasteiger partial charge in [-0.1, -0.05) is 25.7 Å². The minimum absolute atomic E-state index is 0.339. The summed E-state index contributed by atoms with van der Waals surface area (Å²) in [5, 5.41) is 12.3. The van der Waals surface area contributed by atoms with Crippen LogP contribution in [-0.2, 0) is 0 Å². The second kappa shape index (κ2) is 8.97. The van der Waals surface area contributed by atoms with Gasteiger partial charge >= 0.3 is 0 Å². The minimum Gasteiger partial charge on any atom is -0.396 e. The van der Waals surface area contributed by atoms with Crippen molar-refractivity contribution < 1.29 is 5.11 Å². The molecule has 1 fully saturated rings. The quantitative estimate of drug-likeness (QED) is 0.554. The largest absolute Gasteiger partial charge is 0.396 e. The molecule has 0 saturated heterocycles. The van der Waals surface area contributed by atoms with E-state index in [1.54, 1.807) is 0 Å². The second-order valence-corrected chi connectivity index (χ2v) is 4.98. The van der Waals surface area contributed by atoms with Gasteiger partial charge in [0.2, 0.25) is 0 Å². The van der Waals surface area contributed by atoms with Crippen molar-refractivity contribution in [2.24, 2.45) is 11.7 Å². The fourth-order valence-electron chi connectivity index (χ4n) is 2.64. The molecule has 3 heteroatoms. The molecule has 0 aromatic carbocycles. The first-order valence-corrected chi connectivity index (χ1v) is 6.92. The Morgan fingerprint density at radius 3 is 2.56 bits per heavy atom. The lowest BCUT2D eigenvalue weighted by Crippen LogP contribution is -2.42. The van der Waals surface area contributed by atoms with Crippen LogP contribution in [-0.4, -0.2) is 30.8 Å². The number of aliphatic hydroxyl groups is 1. The lowest BCUT2D eigenvalue weighted by atomic mass is 9.84. The van der Waals surface area contributed by atoms with Crippen LogP contribution in [0.15, 0.2) is 0 Å². The molecule has 1 aliphatic rings. The zero-order valence-corrected chi connectivity index (χ0v) is 10.5. The molecule has 0 amide bonds. The number of rotatable bonds is 8. The van der Waals surface area contributed by atoms with Gasteiger partial charge in [0.25, 0.3) is 0 Å². The Morgan fingerprint density at radius 2 is 1.81 bits per heavy atom. The molecule has 0 heterocycles. The number of aliphatic hydroxyl groups excluding tert-OH is 1. The molecule has 4 N–H and O–H groups in total. The van der Waals surface area contributed by atoms with Crippen molar-refractivity contribution in [3.05, 3.63) is 0 Å². The Hall–Kier alpha value is -0.120. The molecular formula is C13H28N2O. The van der Waals surface area contributed by atoms with Crippen LogP contribution in [0.2, 0.25) is 0 Å². The van der Waals surface area contributed by atoms with E-state index in [2.05, 4.69) is 5.32 Å². The zero-order chi connectivity index (χ0) is 11.6. The Kier molecular flexibility index (Phi) is 7.81. The summed E-state index contributed by atoms with van der Waals surface area (Å²) < 4.78 is 0. The third-order valence-corrected chi connectivity index (χ3v) is 3.70. The van der Waals surface area contributed by atoms with Gasteiger partial charge in [-0.2, -0.15) is 0 Å². The smallest absolute Gasteiger partial charge is 0.0431 e. The maximum atomic E-state index is 8.66. The van der Waals surface area contributed by atoms with Gasteiger partial charge in [0, 0.05) is 12.6 Å². The van der Waals surface area contributed by atoms with E-state index in [9.17, 15) is 0 Å². The standard InChI is InChI=1S/C13H28N2O/c14-11-12-7-3-4-8-13(12)15-9-5-1-2-6-10-16/h12-13,15-16H,1-11,14H2. The number of unbranched alkanes of at least 4 members (excludes halogenated alkanes) is 3. The van der Waals surface area contributed by atoms with Crippen LogP contribution in [0.4, 0.5) is 0 Å². The van der Waals surface area contributed by atoms with Crippen LogP contribution < -0.4 is 11.1 Å². The minimum atomic E-state index is 0.339. The van der Waals surface area contributed by atoms with Gasteiger partial charge in [-0.25, -0.2) is 0 Å². The maximum absolute atomic E-state index is 8.66. The fourth-order valence-corrected chi connectivity index (χ4v) is 2.64. The van der Waals surface area contributed by atoms with Crippen molar-refractivity contribution in [2.45, 2.75) is 57.4 Å². The maximum Gasteiger partial charge on any atom is 0.0431 e. The van der Waals surface area contributed by atoms with E-state index in [1.165, 1.54) is 38.5 Å². The monoisotopic (exact) mass is 228 g/mol. The van der Waals surface area contributed by atoms with Crippen LogP contribution in [0.5, 0.6) is 0 Å². The van der Waals surface area contributed by atoms with Crippen LogP contribution >= 0.6 is 0 Å². The van der Waals surface area contributed by atoms with E-state index in [0.29, 0.717) is 18.6 Å². The highest BCUT2D eigenvalue weighted by molar-refractivity contribution is 4.81. The molecule has 0 aliphatic heterocycles. The Bertz CT molecular complexity index is 164. The molecule has 0 spiro atoms. The van der Waals surface area contributed by atoms with Crippen molar-refractivity contribution in [2.75, 3.05) is 19.7 Å². The molecule has 96 valence electrons. The SMILES string of the molecule is NCC1CCCCC1NCCCCCCO. The average Bonchev–Trinajstić information content (AvgIpc) is 2.34. The van der Waals surface area contributed by atoms with Crippen molar-refractivity contribution in [3.63, 3.8) is 0 Å². The number of nitrogens with two attached hydrogens (primary N) is 1. The van der Waals surface area contributed by atoms with Crippen molar-refractivity contribution in [1.82, 2.24) is 5.32 Å². The van der Waals surface area contributed by atoms with Crippen LogP contribution in [0.25, 0.3) is 0 Å². The lowest BCUT2D eigenvalue weighted by molar-refractivity contribution is 0.264. The van der Waals surface area contributed by atoms with Gasteiger partial charge in [-0.05, 0) is 44.7 Å². The molecule has 0 aromatic rings. The third kappa shape index (κ3) is 5.28. The number of nitrogens with one attached hydrogen (secondary N) is 1. The molecule has 1 saturated carbocycles. The highest BCUT2D eigenvalue weighted by Gasteiger charge is 2.22. The summed E-state index contributed by atoms with van der Waals surface area (Å²) in [7, 11) is 0. The molecule has 0 aromatic heterocycles. The molecule has 1 rings (SSSR count). The molecule has 16 heavy (non-hydrogen) atoms. The molecule has 1 aliphatic carbocycles. The average molecular weight is 228 g/mol. The van der Waals surface area contributed by atoms with E-state index in [1.807, 2.05) is 0 Å². The van der Waals surface area contributed by atoms with Gasteiger partial charge < -0.3 is 16.2 Å². The normalized spacial score (nSPS) is 25.9. The first-order valence-electron chi connectivity index (χ1n) is 6.92. The Morgan fingerprint density at radius 1 is 1.06 bits per heavy atom. The highest BCUT2D eigenvalue weighted by atomic mass is 16.2. The van der Waals surface area contributed by atoms with Crippen molar-refractivity contribution >= 4 is 0 Å². The summed E-state index contributed by atoms with van der Waals surface area (Å²) in [6, 6.07) is 0.664. The number of hydrogen-bond donors (Lipinski definition) is 3. The van der Waals surface area contributed by atoms with E-state index < -0.39 is 0 Å². The molecule has 0 bridgehead atoms. The van der Waals surface area contributed by atoms with Crippen LogP contribution in [0, 0.1) is 5.92 Å². The summed E-state index contributed by atoms with van der Waals surface area (Å²) in [4.78, 5) is 0. The lowest BCUT2D eigenvalue weighted by Gasteiger charge is -2.31. The van der Waals surface area contributed by atoms with E-state index in [-0.39, 0.29) is 0 Å². The summed E-state index contributed by atoms with van der Waals surface area (Å²) >= 11 is 0. The summed E-state index contributed by atoms with van der Waals surface area (Å²) in [6.45, 7) is 2.29. The molecule has 2 unspecified atom stereocenters. The van der Waals surface area contributed by atoms with Gasteiger partial charge in [-0.3, -0.25) is 0 Å². The molecule has 2 atom stereocenters. The molecule has 0 radical (unpaired) electrons. The second-order valence-electron chi connectivity index (χ2n) is 4.98. The highest BCUT2D eigenvalue weighted by Crippen LogP contribution is 2.23. The Labute approximate surface area is 99.8 Å². The topological polar surface area (TPSA) is 58.3 Å². The molecule has 3 nitrogen and oxygen atoms in total. The van der Waals surface area contributed by atoms with Crippen molar-refractivity contribution in [1.29, 1.82) is 0 Å². The summed E-state index contributed by atoms with van der Waals surface area (Å²) in [5.41, 5.74) is 5.80.